The third kappa shape index (κ3) is 6.97. The lowest BCUT2D eigenvalue weighted by Gasteiger charge is -2.12. The molecule has 5 heteroatoms. The fraction of sp³-hybridized carbons (Fsp3) is 0.333. The first-order chi connectivity index (χ1) is 12.5. The van der Waals surface area contributed by atoms with Gasteiger partial charge in [0.1, 0.15) is 5.75 Å². The number of carbonyl (C=O) groups excluding carboxylic acids is 2. The van der Waals surface area contributed by atoms with E-state index in [1.807, 2.05) is 55.5 Å². The Kier molecular flexibility index (Phi) is 7.68. The van der Waals surface area contributed by atoms with E-state index in [9.17, 15) is 9.59 Å². The Balaban J connectivity index is 1.83. The van der Waals surface area contributed by atoms with Crippen molar-refractivity contribution in [2.75, 3.05) is 11.9 Å². The smallest absolute Gasteiger partial charge is 0.224 e. The molecule has 0 fully saturated rings. The molecule has 0 bridgehead atoms. The van der Waals surface area contributed by atoms with Crippen molar-refractivity contribution in [3.8, 4) is 11.5 Å². The number of amides is 2. The van der Waals surface area contributed by atoms with Gasteiger partial charge in [0.2, 0.25) is 11.8 Å². The lowest BCUT2D eigenvalue weighted by atomic mass is 10.2. The first-order valence-electron chi connectivity index (χ1n) is 8.92. The second-order valence-corrected chi connectivity index (χ2v) is 6.26. The van der Waals surface area contributed by atoms with E-state index in [1.165, 1.54) is 6.92 Å². The number of para-hydroxylation sites is 2. The average molecular weight is 354 g/mol. The molecule has 0 spiro atoms. The Hall–Kier alpha value is -2.82. The van der Waals surface area contributed by atoms with Crippen LogP contribution >= 0.6 is 0 Å². The number of ether oxygens (including phenoxy) is 1. The lowest BCUT2D eigenvalue weighted by molar-refractivity contribution is -0.119. The van der Waals surface area contributed by atoms with Gasteiger partial charge in [-0.2, -0.15) is 0 Å². The maximum atomic E-state index is 12.2. The number of benzene rings is 2. The predicted molar refractivity (Wildman–Crippen MR) is 103 cm³/mol. The highest BCUT2D eigenvalue weighted by molar-refractivity contribution is 5.92. The minimum atomic E-state index is -0.0372. The standard InChI is InChI=1S/C21H26N2O3/c1-16-9-8-10-18(15-16)26-20-12-6-5-11-19(20)23-21(25)13-4-3-7-14-22-17(2)24/h5-6,8-12,15H,3-4,7,13-14H2,1-2H3,(H,22,24)(H,23,25). The fourth-order valence-electron chi connectivity index (χ4n) is 2.53. The van der Waals surface area contributed by atoms with Gasteiger partial charge >= 0.3 is 0 Å². The van der Waals surface area contributed by atoms with Crippen LogP contribution in [0.4, 0.5) is 5.69 Å². The molecule has 2 aromatic rings. The third-order valence-corrected chi connectivity index (χ3v) is 3.83. The van der Waals surface area contributed by atoms with Gasteiger partial charge in [0.15, 0.2) is 5.75 Å². The minimum absolute atomic E-state index is 0.0204. The number of unbranched alkanes of at least 4 members (excludes halogenated alkanes) is 2. The van der Waals surface area contributed by atoms with Gasteiger partial charge in [-0.15, -0.1) is 0 Å². The molecule has 0 heterocycles. The van der Waals surface area contributed by atoms with Crippen LogP contribution in [-0.2, 0) is 9.59 Å². The number of hydrogen-bond acceptors (Lipinski definition) is 3. The zero-order valence-corrected chi connectivity index (χ0v) is 15.4. The summed E-state index contributed by atoms with van der Waals surface area (Å²) < 4.78 is 5.92. The molecule has 138 valence electrons. The molecule has 0 unspecified atom stereocenters. The van der Waals surface area contributed by atoms with E-state index in [0.29, 0.717) is 24.4 Å². The molecule has 2 aromatic carbocycles. The van der Waals surface area contributed by atoms with Crippen LogP contribution in [-0.4, -0.2) is 18.4 Å². The maximum absolute atomic E-state index is 12.2. The number of nitrogens with one attached hydrogen (secondary N) is 2. The van der Waals surface area contributed by atoms with Gasteiger partial charge in [0.25, 0.3) is 0 Å². The van der Waals surface area contributed by atoms with Gasteiger partial charge in [0, 0.05) is 19.9 Å². The molecule has 2 rings (SSSR count). The molecular weight excluding hydrogens is 328 g/mol. The van der Waals surface area contributed by atoms with Crippen LogP contribution in [0.2, 0.25) is 0 Å². The van der Waals surface area contributed by atoms with Crippen molar-refractivity contribution in [3.05, 3.63) is 54.1 Å². The Morgan fingerprint density at radius 2 is 1.81 bits per heavy atom. The van der Waals surface area contributed by atoms with Gasteiger partial charge in [-0.25, -0.2) is 0 Å². The summed E-state index contributed by atoms with van der Waals surface area (Å²) in [5.41, 5.74) is 1.78. The summed E-state index contributed by atoms with van der Waals surface area (Å²) in [7, 11) is 0. The number of rotatable bonds is 9. The fourth-order valence-corrected chi connectivity index (χ4v) is 2.53. The minimum Gasteiger partial charge on any atom is -0.455 e. The second-order valence-electron chi connectivity index (χ2n) is 6.26. The Morgan fingerprint density at radius 1 is 1.00 bits per heavy atom. The van der Waals surface area contributed by atoms with E-state index in [1.54, 1.807) is 0 Å². The van der Waals surface area contributed by atoms with E-state index in [4.69, 9.17) is 4.74 Å². The van der Waals surface area contributed by atoms with Crippen LogP contribution in [0.3, 0.4) is 0 Å². The van der Waals surface area contributed by atoms with Crippen LogP contribution in [0.15, 0.2) is 48.5 Å². The molecule has 0 atom stereocenters. The Morgan fingerprint density at radius 3 is 2.58 bits per heavy atom. The summed E-state index contributed by atoms with van der Waals surface area (Å²) in [6.45, 7) is 4.17. The average Bonchev–Trinajstić information content (AvgIpc) is 2.59. The molecular formula is C21H26N2O3. The zero-order valence-electron chi connectivity index (χ0n) is 15.4. The van der Waals surface area contributed by atoms with Gasteiger partial charge < -0.3 is 15.4 Å². The first kappa shape index (κ1) is 19.5. The van der Waals surface area contributed by atoms with E-state index in [-0.39, 0.29) is 11.8 Å². The van der Waals surface area contributed by atoms with Gasteiger partial charge in [-0.3, -0.25) is 9.59 Å². The van der Waals surface area contributed by atoms with Gasteiger partial charge in [-0.1, -0.05) is 30.7 Å². The first-order valence-corrected chi connectivity index (χ1v) is 8.92. The quantitative estimate of drug-likeness (QED) is 0.655. The molecule has 0 aromatic heterocycles. The summed E-state index contributed by atoms with van der Waals surface area (Å²) in [6.07, 6.45) is 3.00. The van der Waals surface area contributed by atoms with Crippen molar-refractivity contribution in [3.63, 3.8) is 0 Å². The molecule has 0 radical (unpaired) electrons. The molecule has 0 aliphatic rings. The van der Waals surface area contributed by atoms with Crippen molar-refractivity contribution < 1.29 is 14.3 Å². The summed E-state index contributed by atoms with van der Waals surface area (Å²) >= 11 is 0. The van der Waals surface area contributed by atoms with Crippen LogP contribution in [0, 0.1) is 6.92 Å². The molecule has 26 heavy (non-hydrogen) atoms. The number of anilines is 1. The molecule has 2 amide bonds. The molecule has 0 aliphatic heterocycles. The van der Waals surface area contributed by atoms with Crippen molar-refractivity contribution in [1.82, 2.24) is 5.32 Å². The number of carbonyl (C=O) groups is 2. The molecule has 0 saturated heterocycles. The van der Waals surface area contributed by atoms with Crippen molar-refractivity contribution in [1.29, 1.82) is 0 Å². The third-order valence-electron chi connectivity index (χ3n) is 3.83. The number of hydrogen-bond donors (Lipinski definition) is 2. The van der Waals surface area contributed by atoms with Crippen LogP contribution in [0.1, 0.15) is 38.2 Å². The normalized spacial score (nSPS) is 10.2. The molecule has 0 saturated carbocycles. The highest BCUT2D eigenvalue weighted by Gasteiger charge is 2.08. The van der Waals surface area contributed by atoms with Crippen LogP contribution in [0.5, 0.6) is 11.5 Å². The van der Waals surface area contributed by atoms with Crippen molar-refractivity contribution in [2.45, 2.75) is 39.5 Å². The van der Waals surface area contributed by atoms with Gasteiger partial charge in [0.05, 0.1) is 5.69 Å². The zero-order chi connectivity index (χ0) is 18.8. The topological polar surface area (TPSA) is 67.4 Å². The second kappa shape index (κ2) is 10.2. The highest BCUT2D eigenvalue weighted by atomic mass is 16.5. The number of aryl methyl sites for hydroxylation is 1. The SMILES string of the molecule is CC(=O)NCCCCCC(=O)Nc1ccccc1Oc1cccc(C)c1. The van der Waals surface area contributed by atoms with E-state index >= 15 is 0 Å². The Labute approximate surface area is 154 Å². The van der Waals surface area contributed by atoms with Crippen molar-refractivity contribution >= 4 is 17.5 Å². The van der Waals surface area contributed by atoms with Crippen molar-refractivity contribution in [2.24, 2.45) is 0 Å². The van der Waals surface area contributed by atoms with E-state index in [0.717, 1.165) is 30.6 Å². The summed E-state index contributed by atoms with van der Waals surface area (Å²) in [5, 5.41) is 5.67. The lowest BCUT2D eigenvalue weighted by Crippen LogP contribution is -2.20. The molecule has 5 nitrogen and oxygen atoms in total. The van der Waals surface area contributed by atoms with Crippen LogP contribution in [0.25, 0.3) is 0 Å². The highest BCUT2D eigenvalue weighted by Crippen LogP contribution is 2.29. The molecule has 0 aliphatic carbocycles. The monoisotopic (exact) mass is 354 g/mol. The molecule has 2 N–H and O–H groups in total. The summed E-state index contributed by atoms with van der Waals surface area (Å²) in [4.78, 5) is 23.0. The largest absolute Gasteiger partial charge is 0.455 e. The van der Waals surface area contributed by atoms with Crippen LogP contribution < -0.4 is 15.4 Å². The van der Waals surface area contributed by atoms with E-state index in [2.05, 4.69) is 10.6 Å². The maximum Gasteiger partial charge on any atom is 0.224 e. The summed E-state index contributed by atoms with van der Waals surface area (Å²) in [6, 6.07) is 15.2. The van der Waals surface area contributed by atoms with E-state index < -0.39 is 0 Å². The summed E-state index contributed by atoms with van der Waals surface area (Å²) in [5.74, 6) is 1.31. The predicted octanol–water partition coefficient (Wildman–Crippen LogP) is 4.42. The van der Waals surface area contributed by atoms with Gasteiger partial charge in [-0.05, 0) is 49.6 Å². The Bertz CT molecular complexity index is 744.